The van der Waals surface area contributed by atoms with E-state index in [0.29, 0.717) is 11.8 Å². The van der Waals surface area contributed by atoms with Crippen molar-refractivity contribution in [3.05, 3.63) is 35.0 Å². The predicted octanol–water partition coefficient (Wildman–Crippen LogP) is 2.99. The number of hydrogen-bond donors (Lipinski definition) is 0. The van der Waals surface area contributed by atoms with E-state index in [9.17, 15) is 0 Å². The molecule has 0 amide bonds. The van der Waals surface area contributed by atoms with E-state index in [1.165, 1.54) is 11.1 Å². The quantitative estimate of drug-likeness (QED) is 0.603. The molecule has 19 heavy (non-hydrogen) atoms. The van der Waals surface area contributed by atoms with E-state index in [4.69, 9.17) is 9.47 Å². The third-order valence-electron chi connectivity index (χ3n) is 5.13. The molecule has 3 nitrogen and oxygen atoms in total. The van der Waals surface area contributed by atoms with Crippen molar-refractivity contribution in [2.75, 3.05) is 7.11 Å². The molecule has 1 aromatic rings. The molecule has 2 aliphatic carbocycles. The van der Waals surface area contributed by atoms with Gasteiger partial charge in [0.05, 0.1) is 12.8 Å². The number of fused-ring (bicyclic) bond motifs is 1. The van der Waals surface area contributed by atoms with E-state index in [2.05, 4.69) is 31.0 Å². The highest BCUT2D eigenvalue weighted by Gasteiger charge is 2.75. The summed E-state index contributed by atoms with van der Waals surface area (Å²) in [5.41, 5.74) is 3.71. The molecule has 3 aliphatic rings. The molecular weight excluding hydrogens is 238 g/mol. The van der Waals surface area contributed by atoms with Crippen LogP contribution < -0.4 is 4.74 Å². The van der Waals surface area contributed by atoms with Crippen molar-refractivity contribution in [3.63, 3.8) is 0 Å². The number of hydrogen-bond acceptors (Lipinski definition) is 3. The van der Waals surface area contributed by atoms with Gasteiger partial charge in [0.1, 0.15) is 11.2 Å². The van der Waals surface area contributed by atoms with Crippen LogP contribution in [0, 0.1) is 5.92 Å². The molecule has 1 saturated heterocycles. The molecule has 4 rings (SSSR count). The lowest BCUT2D eigenvalue weighted by molar-refractivity contribution is 0.207. The van der Waals surface area contributed by atoms with Crippen LogP contribution in [0.2, 0.25) is 0 Å². The summed E-state index contributed by atoms with van der Waals surface area (Å²) in [6.07, 6.45) is 5.55. The lowest BCUT2D eigenvalue weighted by atomic mass is 9.64. The van der Waals surface area contributed by atoms with Crippen molar-refractivity contribution < 1.29 is 9.47 Å². The fraction of sp³-hybridized carbons (Fsp3) is 0.562. The Kier molecular flexibility index (Phi) is 2.05. The first-order valence-electron chi connectivity index (χ1n) is 7.08. The van der Waals surface area contributed by atoms with Gasteiger partial charge in [-0.3, -0.25) is 0 Å². The summed E-state index contributed by atoms with van der Waals surface area (Å²) >= 11 is 0. The summed E-state index contributed by atoms with van der Waals surface area (Å²) in [6, 6.07) is 4.09. The maximum atomic E-state index is 6.34. The van der Waals surface area contributed by atoms with Crippen LogP contribution in [-0.2, 0) is 16.8 Å². The van der Waals surface area contributed by atoms with E-state index < -0.39 is 0 Å². The average Bonchev–Trinajstić information content (AvgIpc) is 3.09. The lowest BCUT2D eigenvalue weighted by Crippen LogP contribution is -2.40. The molecule has 1 fully saturated rings. The Morgan fingerprint density at radius 2 is 2.26 bits per heavy atom. The molecule has 2 heterocycles. The summed E-state index contributed by atoms with van der Waals surface area (Å²) in [6.45, 7) is 4.46. The van der Waals surface area contributed by atoms with Crippen LogP contribution in [0.5, 0.6) is 5.88 Å². The summed E-state index contributed by atoms with van der Waals surface area (Å²) in [5, 5.41) is 0. The zero-order valence-corrected chi connectivity index (χ0v) is 11.7. The highest BCUT2D eigenvalue weighted by Crippen LogP contribution is 2.69. The topological polar surface area (TPSA) is 34.7 Å². The molecule has 100 valence electrons. The molecule has 1 aromatic heterocycles. The van der Waals surface area contributed by atoms with Crippen LogP contribution in [-0.4, -0.2) is 17.7 Å². The van der Waals surface area contributed by atoms with Gasteiger partial charge in [0.15, 0.2) is 0 Å². The molecule has 3 heteroatoms. The SMILES string of the molecule is CC[C@@]12O[C@]13C=C(C)C[C@H]2Cc1nc(OC)ccc13. The van der Waals surface area contributed by atoms with Gasteiger partial charge in [0.2, 0.25) is 5.88 Å². The van der Waals surface area contributed by atoms with E-state index >= 15 is 0 Å². The number of ether oxygens (including phenoxy) is 2. The Labute approximate surface area is 113 Å². The van der Waals surface area contributed by atoms with Gasteiger partial charge in [-0.25, -0.2) is 4.98 Å². The van der Waals surface area contributed by atoms with E-state index in [1.807, 2.05) is 6.07 Å². The molecule has 0 radical (unpaired) electrons. The van der Waals surface area contributed by atoms with Crippen molar-refractivity contribution in [1.29, 1.82) is 0 Å². The van der Waals surface area contributed by atoms with Crippen LogP contribution in [0.1, 0.15) is 37.9 Å². The minimum Gasteiger partial charge on any atom is -0.481 e. The Morgan fingerprint density at radius 1 is 1.42 bits per heavy atom. The molecule has 0 saturated carbocycles. The molecule has 0 aromatic carbocycles. The first-order chi connectivity index (χ1) is 9.15. The monoisotopic (exact) mass is 257 g/mol. The highest BCUT2D eigenvalue weighted by molar-refractivity contribution is 5.50. The van der Waals surface area contributed by atoms with Crippen LogP contribution in [0.15, 0.2) is 23.8 Å². The van der Waals surface area contributed by atoms with Gasteiger partial charge in [-0.05, 0) is 38.3 Å². The van der Waals surface area contributed by atoms with Crippen LogP contribution in [0.4, 0.5) is 0 Å². The molecule has 1 aliphatic heterocycles. The molecule has 2 bridgehead atoms. The van der Waals surface area contributed by atoms with Gasteiger partial charge in [-0.15, -0.1) is 0 Å². The smallest absolute Gasteiger partial charge is 0.213 e. The second-order valence-electron chi connectivity index (χ2n) is 6.02. The van der Waals surface area contributed by atoms with Crippen LogP contribution in [0.3, 0.4) is 0 Å². The van der Waals surface area contributed by atoms with Gasteiger partial charge in [0.25, 0.3) is 0 Å². The van der Waals surface area contributed by atoms with Gasteiger partial charge in [-0.1, -0.05) is 12.5 Å². The predicted molar refractivity (Wildman–Crippen MR) is 72.1 cm³/mol. The van der Waals surface area contributed by atoms with Crippen LogP contribution in [0.25, 0.3) is 0 Å². The van der Waals surface area contributed by atoms with Gasteiger partial charge in [-0.2, -0.15) is 0 Å². The van der Waals surface area contributed by atoms with Gasteiger partial charge >= 0.3 is 0 Å². The highest BCUT2D eigenvalue weighted by atomic mass is 16.6. The van der Waals surface area contributed by atoms with Crippen molar-refractivity contribution >= 4 is 0 Å². The summed E-state index contributed by atoms with van der Waals surface area (Å²) < 4.78 is 11.6. The maximum Gasteiger partial charge on any atom is 0.213 e. The minimum absolute atomic E-state index is 0.0375. The maximum absolute atomic E-state index is 6.34. The summed E-state index contributed by atoms with van der Waals surface area (Å²) in [7, 11) is 1.67. The Hall–Kier alpha value is -1.35. The number of nitrogens with zero attached hydrogens (tertiary/aromatic N) is 1. The third-order valence-corrected chi connectivity index (χ3v) is 5.13. The van der Waals surface area contributed by atoms with Crippen molar-refractivity contribution in [1.82, 2.24) is 4.98 Å². The summed E-state index contributed by atoms with van der Waals surface area (Å²) in [5.74, 6) is 1.27. The molecular formula is C16H19NO2. The minimum atomic E-state index is -0.193. The van der Waals surface area contributed by atoms with E-state index in [1.54, 1.807) is 7.11 Å². The van der Waals surface area contributed by atoms with Crippen molar-refractivity contribution in [2.24, 2.45) is 5.92 Å². The number of pyridine rings is 1. The molecule has 0 unspecified atom stereocenters. The molecule has 0 N–H and O–H groups in total. The van der Waals surface area contributed by atoms with Gasteiger partial charge in [0, 0.05) is 17.5 Å². The third kappa shape index (κ3) is 1.20. The Morgan fingerprint density at radius 3 is 3.00 bits per heavy atom. The van der Waals surface area contributed by atoms with E-state index in [0.717, 1.165) is 25.0 Å². The molecule has 3 atom stereocenters. The number of aromatic nitrogens is 1. The first kappa shape index (κ1) is 11.5. The number of allylic oxidation sites excluding steroid dienone is 1. The summed E-state index contributed by atoms with van der Waals surface area (Å²) in [4.78, 5) is 4.65. The van der Waals surface area contributed by atoms with Crippen LogP contribution >= 0.6 is 0 Å². The average molecular weight is 257 g/mol. The lowest BCUT2D eigenvalue weighted by Gasteiger charge is -2.36. The largest absolute Gasteiger partial charge is 0.481 e. The fourth-order valence-electron chi connectivity index (χ4n) is 4.30. The first-order valence-corrected chi connectivity index (χ1v) is 7.08. The number of rotatable bonds is 2. The second-order valence-corrected chi connectivity index (χ2v) is 6.02. The fourth-order valence-corrected chi connectivity index (χ4v) is 4.30. The van der Waals surface area contributed by atoms with E-state index in [-0.39, 0.29) is 11.2 Å². The number of methoxy groups -OCH3 is 1. The molecule has 0 spiro atoms. The zero-order valence-electron chi connectivity index (χ0n) is 11.7. The van der Waals surface area contributed by atoms with Gasteiger partial charge < -0.3 is 9.47 Å². The Balaban J connectivity index is 1.92. The Bertz CT molecular complexity index is 594. The second kappa shape index (κ2) is 3.40. The standard InChI is InChI=1S/C16H19NO2/c1-4-15-11-7-10(2)9-16(15,19-15)12-5-6-14(18-3)17-13(12)8-11/h5-6,9,11H,4,7-8H2,1-3H3/t11-,15-,16-/m0/s1. The van der Waals surface area contributed by atoms with Crippen molar-refractivity contribution in [3.8, 4) is 5.88 Å². The van der Waals surface area contributed by atoms with Crippen molar-refractivity contribution in [2.45, 2.75) is 44.3 Å². The zero-order chi connectivity index (χ0) is 13.3. The number of epoxide rings is 1. The normalized spacial score (nSPS) is 38.1.